The Morgan fingerprint density at radius 1 is 0.935 bits per heavy atom. The molecule has 0 radical (unpaired) electrons. The van der Waals surface area contributed by atoms with E-state index in [1.54, 1.807) is 7.11 Å². The van der Waals surface area contributed by atoms with Gasteiger partial charge in [0.15, 0.2) is 0 Å². The highest BCUT2D eigenvalue weighted by atomic mass is 35.5. The van der Waals surface area contributed by atoms with Crippen molar-refractivity contribution in [3.8, 4) is 17.2 Å². The molecule has 2 aromatic carbocycles. The second kappa shape index (κ2) is 30.0. The summed E-state index contributed by atoms with van der Waals surface area (Å²) < 4.78 is 22.5. The van der Waals surface area contributed by atoms with E-state index >= 15 is 0 Å². The fourth-order valence-corrected chi connectivity index (χ4v) is 3.74. The Hall–Kier alpha value is -3.71. The molecule has 0 heterocycles. The van der Waals surface area contributed by atoms with Gasteiger partial charge in [-0.1, -0.05) is 77.4 Å². The summed E-state index contributed by atoms with van der Waals surface area (Å²) in [6.07, 6.45) is 9.85. The fraction of sp³-hybridized carbons (Fsp3) is 0.474. The van der Waals surface area contributed by atoms with Crippen LogP contribution >= 0.6 is 11.6 Å². The van der Waals surface area contributed by atoms with Crippen molar-refractivity contribution >= 4 is 24.0 Å². The van der Waals surface area contributed by atoms with Gasteiger partial charge in [0.2, 0.25) is 0 Å². The number of benzene rings is 2. The van der Waals surface area contributed by atoms with E-state index in [9.17, 15) is 4.79 Å². The van der Waals surface area contributed by atoms with Crippen molar-refractivity contribution in [2.75, 3.05) is 13.7 Å². The Morgan fingerprint density at radius 2 is 1.48 bits per heavy atom. The average molecular weight is 663 g/mol. The predicted octanol–water partition coefficient (Wildman–Crippen LogP) is 10.8. The first-order chi connectivity index (χ1) is 21.9. The molecule has 0 aromatic heterocycles. The number of rotatable bonds is 12. The Morgan fingerprint density at radius 3 is 1.91 bits per heavy atom. The minimum atomic E-state index is -0.325. The third-order valence-corrected chi connectivity index (χ3v) is 5.72. The molecule has 2 rings (SSSR count). The number of hydrogen-bond donors (Lipinski definition) is 1. The Kier molecular flexibility index (Phi) is 30.4. The van der Waals surface area contributed by atoms with E-state index in [1.165, 1.54) is 12.5 Å². The smallest absolute Gasteiger partial charge is 0.302 e. The molecule has 0 aliphatic carbocycles. The van der Waals surface area contributed by atoms with Crippen molar-refractivity contribution in [2.24, 2.45) is 5.92 Å². The molecule has 46 heavy (non-hydrogen) atoms. The molecule has 0 aliphatic rings. The highest BCUT2D eigenvalue weighted by molar-refractivity contribution is 6.30. The lowest BCUT2D eigenvalue weighted by atomic mass is 9.99. The molecule has 0 saturated carbocycles. The number of allylic oxidation sites excluding steroid dienone is 3. The number of hydrogen-bond acceptors (Lipinski definition) is 6. The predicted molar refractivity (Wildman–Crippen MR) is 193 cm³/mol. The average Bonchev–Trinajstić information content (AvgIpc) is 3.02. The number of esters is 1. The Balaban J connectivity index is -0.000000844. The summed E-state index contributed by atoms with van der Waals surface area (Å²) in [7, 11) is 1.69. The van der Waals surface area contributed by atoms with Crippen LogP contribution in [0.15, 0.2) is 72.0 Å². The van der Waals surface area contributed by atoms with E-state index in [0.29, 0.717) is 11.7 Å². The van der Waals surface area contributed by atoms with E-state index in [2.05, 4.69) is 19.9 Å². The molecule has 1 N–H and O–H groups in total. The number of methoxy groups -OCH3 is 1. The quantitative estimate of drug-likeness (QED) is 0.105. The zero-order chi connectivity index (χ0) is 36.1. The van der Waals surface area contributed by atoms with E-state index in [1.807, 2.05) is 117 Å². The van der Waals surface area contributed by atoms with Gasteiger partial charge in [0.25, 0.3) is 6.47 Å². The molecule has 8 heteroatoms. The first kappa shape index (κ1) is 46.7. The lowest BCUT2D eigenvalue weighted by Crippen LogP contribution is -2.08. The molecule has 0 aliphatic heterocycles. The van der Waals surface area contributed by atoms with E-state index in [0.717, 1.165) is 46.2 Å². The molecule has 0 saturated heterocycles. The zero-order valence-corrected chi connectivity index (χ0v) is 31.2. The second-order valence-electron chi connectivity index (χ2n) is 9.81. The van der Waals surface area contributed by atoms with Gasteiger partial charge >= 0.3 is 5.97 Å². The van der Waals surface area contributed by atoms with Crippen LogP contribution < -0.4 is 14.2 Å². The van der Waals surface area contributed by atoms with Gasteiger partial charge in [-0.25, -0.2) is 0 Å². The van der Waals surface area contributed by atoms with Crippen LogP contribution in [0.4, 0.5) is 0 Å². The highest BCUT2D eigenvalue weighted by Crippen LogP contribution is 2.34. The number of ether oxygens (including phenoxy) is 4. The van der Waals surface area contributed by atoms with Crippen LogP contribution in [-0.4, -0.2) is 37.4 Å². The van der Waals surface area contributed by atoms with Crippen LogP contribution in [0, 0.1) is 12.8 Å². The van der Waals surface area contributed by atoms with Crippen LogP contribution in [0.3, 0.4) is 0 Å². The number of carboxylic acid groups (broad SMARTS) is 1. The van der Waals surface area contributed by atoms with Crippen molar-refractivity contribution in [1.82, 2.24) is 0 Å². The minimum absolute atomic E-state index is 0.155. The van der Waals surface area contributed by atoms with Gasteiger partial charge in [0.05, 0.1) is 13.2 Å². The van der Waals surface area contributed by atoms with Gasteiger partial charge in [-0.2, -0.15) is 0 Å². The van der Waals surface area contributed by atoms with Crippen molar-refractivity contribution in [3.05, 3.63) is 88.2 Å². The minimum Gasteiger partial charge on any atom is -0.496 e. The lowest BCUT2D eigenvalue weighted by Gasteiger charge is -2.18. The molecule has 0 unspecified atom stereocenters. The first-order valence-electron chi connectivity index (χ1n) is 15.9. The molecule has 0 bridgehead atoms. The molecule has 0 fully saturated rings. The maximum Gasteiger partial charge on any atom is 0.302 e. The maximum absolute atomic E-state index is 11.2. The van der Waals surface area contributed by atoms with Crippen LogP contribution in [-0.2, 0) is 20.7 Å². The number of aryl methyl sites for hydroxylation is 1. The monoisotopic (exact) mass is 662 g/mol. The third kappa shape index (κ3) is 21.9. The SMILES string of the molecule is CC.CC.CC(C)Oc1ccc(Cl)cc1.C\C=C/C(Oc1ccc(CCC(C)C)c(OC)c1C)=C(\C=C\C)COC(C)=O.O=CO. The first-order valence-corrected chi connectivity index (χ1v) is 16.3. The summed E-state index contributed by atoms with van der Waals surface area (Å²) in [5, 5.41) is 7.63. The Bertz CT molecular complexity index is 1160. The summed E-state index contributed by atoms with van der Waals surface area (Å²) in [4.78, 5) is 19.6. The fourth-order valence-electron chi connectivity index (χ4n) is 3.61. The molecular formula is C38H59ClO7. The van der Waals surface area contributed by atoms with Crippen LogP contribution in [0.1, 0.15) is 93.7 Å². The van der Waals surface area contributed by atoms with Gasteiger partial charge in [0, 0.05) is 23.1 Å². The summed E-state index contributed by atoms with van der Waals surface area (Å²) in [6, 6.07) is 11.4. The summed E-state index contributed by atoms with van der Waals surface area (Å²) in [5.41, 5.74) is 2.93. The van der Waals surface area contributed by atoms with Crippen LogP contribution in [0.25, 0.3) is 0 Å². The standard InChI is InChI=1S/C24H34O4.C9H11ClO.2C2H6.CH2O2/c1-8-10-21(16-27-19(6)25)23(11-9-2)28-22-15-14-20(13-12-17(3)4)24(26-7)18(22)5;1-7(2)11-9-5-3-8(10)4-6-9;2*1-2;2-1-3/h8-11,14-15,17H,12-13,16H2,1-7H3;3-7H,1-2H3;2*1-2H3;1H,(H,2,3)/b10-8+,11-9-,23-21-;;;;. The van der Waals surface area contributed by atoms with Crippen molar-refractivity contribution < 1.29 is 33.6 Å². The number of carbonyl (C=O) groups is 2. The summed E-state index contributed by atoms with van der Waals surface area (Å²) in [5.74, 6) is 3.41. The van der Waals surface area contributed by atoms with Gasteiger partial charge < -0.3 is 24.1 Å². The third-order valence-electron chi connectivity index (χ3n) is 5.47. The van der Waals surface area contributed by atoms with Crippen molar-refractivity contribution in [1.29, 1.82) is 0 Å². The molecule has 0 spiro atoms. The van der Waals surface area contributed by atoms with E-state index in [4.69, 9.17) is 40.4 Å². The molecule has 7 nitrogen and oxygen atoms in total. The van der Waals surface area contributed by atoms with Crippen LogP contribution in [0.5, 0.6) is 17.2 Å². The summed E-state index contributed by atoms with van der Waals surface area (Å²) in [6.45, 7) is 23.6. The largest absolute Gasteiger partial charge is 0.496 e. The molecule has 2 aromatic rings. The van der Waals surface area contributed by atoms with Crippen LogP contribution in [0.2, 0.25) is 5.02 Å². The number of carbonyl (C=O) groups excluding carboxylic acids is 1. The number of halogens is 1. The van der Waals surface area contributed by atoms with E-state index in [-0.39, 0.29) is 25.2 Å². The van der Waals surface area contributed by atoms with Gasteiger partial charge in [-0.15, -0.1) is 0 Å². The zero-order valence-electron chi connectivity index (χ0n) is 30.4. The van der Waals surface area contributed by atoms with E-state index < -0.39 is 0 Å². The molecule has 0 amide bonds. The second-order valence-corrected chi connectivity index (χ2v) is 10.2. The Labute approximate surface area is 284 Å². The van der Waals surface area contributed by atoms with Crippen molar-refractivity contribution in [2.45, 2.75) is 102 Å². The van der Waals surface area contributed by atoms with Gasteiger partial charge in [0.1, 0.15) is 29.6 Å². The summed E-state index contributed by atoms with van der Waals surface area (Å²) >= 11 is 5.69. The normalized spacial score (nSPS) is 10.6. The van der Waals surface area contributed by atoms with Gasteiger partial charge in [-0.05, 0) is 95.3 Å². The maximum atomic E-state index is 11.2. The van der Waals surface area contributed by atoms with Crippen molar-refractivity contribution in [3.63, 3.8) is 0 Å². The topological polar surface area (TPSA) is 91.3 Å². The highest BCUT2D eigenvalue weighted by Gasteiger charge is 2.15. The molecular weight excluding hydrogens is 604 g/mol. The lowest BCUT2D eigenvalue weighted by molar-refractivity contribution is -0.139. The van der Waals surface area contributed by atoms with Gasteiger partial charge in [-0.3, -0.25) is 9.59 Å². The molecule has 260 valence electrons. The molecule has 0 atom stereocenters.